The lowest BCUT2D eigenvalue weighted by molar-refractivity contribution is 0.584. The first kappa shape index (κ1) is 16.2. The van der Waals surface area contributed by atoms with E-state index in [0.29, 0.717) is 5.82 Å². The van der Waals surface area contributed by atoms with E-state index in [1.807, 2.05) is 42.5 Å². The molecule has 0 saturated carbocycles. The van der Waals surface area contributed by atoms with Gasteiger partial charge in [0.25, 0.3) is 0 Å². The third-order valence-corrected chi connectivity index (χ3v) is 4.71. The molecular formula is C19H18BrN5. The molecular weight excluding hydrogens is 378 g/mol. The molecule has 0 spiro atoms. The molecule has 1 N–H and O–H groups in total. The van der Waals surface area contributed by atoms with E-state index in [4.69, 9.17) is 4.98 Å². The number of halogens is 1. The van der Waals surface area contributed by atoms with Gasteiger partial charge in [0.1, 0.15) is 5.69 Å². The van der Waals surface area contributed by atoms with Gasteiger partial charge in [0.05, 0.1) is 0 Å². The predicted molar refractivity (Wildman–Crippen MR) is 103 cm³/mol. The van der Waals surface area contributed by atoms with Crippen LogP contribution in [0.3, 0.4) is 0 Å². The Bertz CT molecular complexity index is 863. The van der Waals surface area contributed by atoms with Gasteiger partial charge in [0.2, 0.25) is 0 Å². The van der Waals surface area contributed by atoms with E-state index >= 15 is 0 Å². The molecule has 2 aromatic carbocycles. The van der Waals surface area contributed by atoms with E-state index in [2.05, 4.69) is 48.5 Å². The first-order chi connectivity index (χ1) is 12.3. The number of rotatable bonds is 3. The maximum atomic E-state index is 4.89. The van der Waals surface area contributed by atoms with Gasteiger partial charge < -0.3 is 10.2 Å². The standard InChI is InChI=1S/C19H18BrN5/c20-16-8-4-7-15(13-16)18-22-19(25-11-9-21-10-12-25)17(23-24-18)14-5-2-1-3-6-14/h1-8,13,21H,9-12H2. The van der Waals surface area contributed by atoms with E-state index in [1.54, 1.807) is 0 Å². The monoisotopic (exact) mass is 395 g/mol. The van der Waals surface area contributed by atoms with Crippen molar-refractivity contribution >= 4 is 21.7 Å². The number of piperazine rings is 1. The smallest absolute Gasteiger partial charge is 0.183 e. The molecule has 1 saturated heterocycles. The third kappa shape index (κ3) is 3.55. The summed E-state index contributed by atoms with van der Waals surface area (Å²) < 4.78 is 1.00. The second-order valence-corrected chi connectivity index (χ2v) is 6.84. The molecule has 0 radical (unpaired) electrons. The van der Waals surface area contributed by atoms with Crippen molar-refractivity contribution in [2.24, 2.45) is 0 Å². The molecule has 0 amide bonds. The van der Waals surface area contributed by atoms with E-state index in [9.17, 15) is 0 Å². The maximum Gasteiger partial charge on any atom is 0.183 e. The van der Waals surface area contributed by atoms with Crippen molar-refractivity contribution in [1.29, 1.82) is 0 Å². The Kier molecular flexibility index (Phi) is 4.72. The topological polar surface area (TPSA) is 53.9 Å². The molecule has 0 bridgehead atoms. The van der Waals surface area contributed by atoms with Crippen LogP contribution in [-0.4, -0.2) is 41.4 Å². The summed E-state index contributed by atoms with van der Waals surface area (Å²) >= 11 is 3.51. The highest BCUT2D eigenvalue weighted by Gasteiger charge is 2.20. The van der Waals surface area contributed by atoms with Crippen LogP contribution in [0.4, 0.5) is 5.82 Å². The fourth-order valence-corrected chi connectivity index (χ4v) is 3.35. The lowest BCUT2D eigenvalue weighted by Crippen LogP contribution is -2.44. The summed E-state index contributed by atoms with van der Waals surface area (Å²) in [5, 5.41) is 12.3. The van der Waals surface area contributed by atoms with Gasteiger partial charge in [-0.2, -0.15) is 0 Å². The van der Waals surface area contributed by atoms with E-state index < -0.39 is 0 Å². The van der Waals surface area contributed by atoms with Gasteiger partial charge in [-0.05, 0) is 12.1 Å². The van der Waals surface area contributed by atoms with Gasteiger partial charge >= 0.3 is 0 Å². The highest BCUT2D eigenvalue weighted by atomic mass is 79.9. The number of nitrogens with one attached hydrogen (secondary N) is 1. The third-order valence-electron chi connectivity index (χ3n) is 4.21. The molecule has 1 aliphatic rings. The summed E-state index contributed by atoms with van der Waals surface area (Å²) in [5.41, 5.74) is 2.83. The van der Waals surface area contributed by atoms with Crippen LogP contribution in [0, 0.1) is 0 Å². The van der Waals surface area contributed by atoms with Gasteiger partial charge in [0, 0.05) is 41.8 Å². The average Bonchev–Trinajstić information content (AvgIpc) is 2.69. The molecule has 0 aliphatic carbocycles. The number of anilines is 1. The van der Waals surface area contributed by atoms with Gasteiger partial charge in [-0.15, -0.1) is 10.2 Å². The first-order valence-corrected chi connectivity index (χ1v) is 9.12. The van der Waals surface area contributed by atoms with Crippen LogP contribution >= 0.6 is 15.9 Å². The molecule has 6 heteroatoms. The number of nitrogens with zero attached hydrogens (tertiary/aromatic N) is 4. The number of benzene rings is 2. The Morgan fingerprint density at radius 2 is 1.64 bits per heavy atom. The molecule has 0 unspecified atom stereocenters. The number of hydrogen-bond acceptors (Lipinski definition) is 5. The molecule has 4 rings (SSSR count). The molecule has 1 fully saturated rings. The van der Waals surface area contributed by atoms with Crippen LogP contribution < -0.4 is 10.2 Å². The Balaban J connectivity index is 1.82. The minimum absolute atomic E-state index is 0.648. The van der Waals surface area contributed by atoms with Crippen LogP contribution in [0.2, 0.25) is 0 Å². The predicted octanol–water partition coefficient (Wildman–Crippen LogP) is 3.38. The quantitative estimate of drug-likeness (QED) is 0.736. The summed E-state index contributed by atoms with van der Waals surface area (Å²) in [6.07, 6.45) is 0. The Morgan fingerprint density at radius 3 is 2.40 bits per heavy atom. The Morgan fingerprint density at radius 1 is 0.880 bits per heavy atom. The van der Waals surface area contributed by atoms with Crippen molar-refractivity contribution in [3.63, 3.8) is 0 Å². The van der Waals surface area contributed by atoms with Crippen LogP contribution in [-0.2, 0) is 0 Å². The van der Waals surface area contributed by atoms with Gasteiger partial charge in [-0.1, -0.05) is 58.4 Å². The molecule has 2 heterocycles. The summed E-state index contributed by atoms with van der Waals surface area (Å²) in [6, 6.07) is 18.1. The fourth-order valence-electron chi connectivity index (χ4n) is 2.95. The average molecular weight is 396 g/mol. The molecule has 25 heavy (non-hydrogen) atoms. The van der Waals surface area contributed by atoms with Gasteiger partial charge in [-0.3, -0.25) is 0 Å². The molecule has 1 aromatic heterocycles. The van der Waals surface area contributed by atoms with Gasteiger partial charge in [-0.25, -0.2) is 4.98 Å². The van der Waals surface area contributed by atoms with Crippen molar-refractivity contribution in [3.05, 3.63) is 59.1 Å². The maximum absolute atomic E-state index is 4.89. The second-order valence-electron chi connectivity index (χ2n) is 5.92. The summed E-state index contributed by atoms with van der Waals surface area (Å²) in [5.74, 6) is 1.55. The fraction of sp³-hybridized carbons (Fsp3) is 0.211. The van der Waals surface area contributed by atoms with Crippen LogP contribution in [0.15, 0.2) is 59.1 Å². The van der Waals surface area contributed by atoms with Crippen molar-refractivity contribution in [3.8, 4) is 22.6 Å². The minimum Gasteiger partial charge on any atom is -0.352 e. The van der Waals surface area contributed by atoms with Crippen molar-refractivity contribution in [2.75, 3.05) is 31.1 Å². The SMILES string of the molecule is Brc1cccc(-c2nnc(-c3ccccc3)c(N3CCNCC3)n2)c1. The highest BCUT2D eigenvalue weighted by molar-refractivity contribution is 9.10. The zero-order chi connectivity index (χ0) is 17.1. The van der Waals surface area contributed by atoms with Crippen molar-refractivity contribution in [2.45, 2.75) is 0 Å². The minimum atomic E-state index is 0.648. The van der Waals surface area contributed by atoms with Crippen LogP contribution in [0.1, 0.15) is 0 Å². The van der Waals surface area contributed by atoms with Crippen LogP contribution in [0.25, 0.3) is 22.6 Å². The number of aromatic nitrogens is 3. The Hall–Kier alpha value is -2.31. The van der Waals surface area contributed by atoms with Crippen LogP contribution in [0.5, 0.6) is 0 Å². The van der Waals surface area contributed by atoms with Crippen molar-refractivity contribution < 1.29 is 0 Å². The zero-order valence-corrected chi connectivity index (χ0v) is 15.3. The number of hydrogen-bond donors (Lipinski definition) is 1. The van der Waals surface area contributed by atoms with Gasteiger partial charge in [0.15, 0.2) is 11.6 Å². The Labute approximate surface area is 155 Å². The molecule has 0 atom stereocenters. The molecule has 3 aromatic rings. The van der Waals surface area contributed by atoms with E-state index in [0.717, 1.165) is 53.3 Å². The molecule has 1 aliphatic heterocycles. The normalized spacial score (nSPS) is 14.5. The largest absolute Gasteiger partial charge is 0.352 e. The lowest BCUT2D eigenvalue weighted by Gasteiger charge is -2.29. The highest BCUT2D eigenvalue weighted by Crippen LogP contribution is 2.29. The summed E-state index contributed by atoms with van der Waals surface area (Å²) in [7, 11) is 0. The second kappa shape index (κ2) is 7.29. The summed E-state index contributed by atoms with van der Waals surface area (Å²) in [6.45, 7) is 3.72. The molecule has 126 valence electrons. The molecule has 5 nitrogen and oxygen atoms in total. The van der Waals surface area contributed by atoms with Crippen molar-refractivity contribution in [1.82, 2.24) is 20.5 Å². The summed E-state index contributed by atoms with van der Waals surface area (Å²) in [4.78, 5) is 7.17. The lowest BCUT2D eigenvalue weighted by atomic mass is 10.1. The van der Waals surface area contributed by atoms with E-state index in [-0.39, 0.29) is 0 Å². The van der Waals surface area contributed by atoms with E-state index in [1.165, 1.54) is 0 Å². The zero-order valence-electron chi connectivity index (χ0n) is 13.7. The first-order valence-electron chi connectivity index (χ1n) is 8.33.